The molecule has 1 rings (SSSR count). The molecular formula is C12H23N3O2. The summed E-state index contributed by atoms with van der Waals surface area (Å²) < 4.78 is 0. The highest BCUT2D eigenvalue weighted by atomic mass is 16.2. The molecule has 0 radical (unpaired) electrons. The van der Waals surface area contributed by atoms with Gasteiger partial charge in [0, 0.05) is 12.6 Å². The second-order valence-corrected chi connectivity index (χ2v) is 5.71. The summed E-state index contributed by atoms with van der Waals surface area (Å²) in [7, 11) is 0. The second kappa shape index (κ2) is 5.04. The van der Waals surface area contributed by atoms with E-state index in [0.29, 0.717) is 6.42 Å². The highest BCUT2D eigenvalue weighted by Gasteiger charge is 2.39. The molecule has 5 nitrogen and oxygen atoms in total. The molecule has 17 heavy (non-hydrogen) atoms. The van der Waals surface area contributed by atoms with Gasteiger partial charge < -0.3 is 11.1 Å². The van der Waals surface area contributed by atoms with E-state index in [1.54, 1.807) is 0 Å². The summed E-state index contributed by atoms with van der Waals surface area (Å²) in [6, 6.07) is -0.884. The first-order valence-electron chi connectivity index (χ1n) is 6.14. The van der Waals surface area contributed by atoms with E-state index < -0.39 is 0 Å². The first kappa shape index (κ1) is 14.0. The molecule has 5 heteroatoms. The van der Waals surface area contributed by atoms with Crippen LogP contribution >= 0.6 is 0 Å². The Kier molecular flexibility index (Phi) is 4.14. The average molecular weight is 241 g/mol. The molecule has 1 aliphatic rings. The summed E-state index contributed by atoms with van der Waals surface area (Å²) >= 11 is 0. The molecule has 0 aromatic carbocycles. The van der Waals surface area contributed by atoms with E-state index in [0.717, 1.165) is 6.42 Å². The molecule has 3 N–H and O–H groups in total. The van der Waals surface area contributed by atoms with Crippen LogP contribution in [0.2, 0.25) is 0 Å². The van der Waals surface area contributed by atoms with Gasteiger partial charge in [-0.05, 0) is 11.8 Å². The monoisotopic (exact) mass is 241 g/mol. The van der Waals surface area contributed by atoms with Crippen LogP contribution in [0.4, 0.5) is 4.79 Å². The Morgan fingerprint density at radius 1 is 1.41 bits per heavy atom. The summed E-state index contributed by atoms with van der Waals surface area (Å²) in [4.78, 5) is 24.9. The summed E-state index contributed by atoms with van der Waals surface area (Å²) in [5, 5.41) is 2.69. The number of urea groups is 1. The second-order valence-electron chi connectivity index (χ2n) is 5.71. The molecule has 0 aliphatic carbocycles. The predicted molar refractivity (Wildman–Crippen MR) is 66.4 cm³/mol. The van der Waals surface area contributed by atoms with Crippen LogP contribution in [0.1, 0.15) is 40.5 Å². The van der Waals surface area contributed by atoms with Crippen LogP contribution in [0.3, 0.4) is 0 Å². The van der Waals surface area contributed by atoms with Crippen LogP contribution in [-0.2, 0) is 4.79 Å². The van der Waals surface area contributed by atoms with Gasteiger partial charge in [0.25, 0.3) is 5.91 Å². The lowest BCUT2D eigenvalue weighted by Crippen LogP contribution is -2.47. The number of nitrogens with two attached hydrogens (primary N) is 1. The third kappa shape index (κ3) is 3.19. The van der Waals surface area contributed by atoms with Gasteiger partial charge in [-0.1, -0.05) is 34.1 Å². The lowest BCUT2D eigenvalue weighted by atomic mass is 9.87. The van der Waals surface area contributed by atoms with Crippen LogP contribution in [0.15, 0.2) is 0 Å². The molecule has 2 atom stereocenters. The molecule has 1 fully saturated rings. The summed E-state index contributed by atoms with van der Waals surface area (Å²) in [5.74, 6) is -0.142. The number of amides is 3. The first-order chi connectivity index (χ1) is 7.77. The highest BCUT2D eigenvalue weighted by molar-refractivity contribution is 6.04. The van der Waals surface area contributed by atoms with Crippen LogP contribution in [0, 0.1) is 5.41 Å². The van der Waals surface area contributed by atoms with Gasteiger partial charge >= 0.3 is 6.03 Å². The van der Waals surface area contributed by atoms with Gasteiger partial charge in [-0.2, -0.15) is 0 Å². The van der Waals surface area contributed by atoms with Crippen molar-refractivity contribution in [2.24, 2.45) is 11.1 Å². The van der Waals surface area contributed by atoms with Gasteiger partial charge in [0.15, 0.2) is 0 Å². The fraction of sp³-hybridized carbons (Fsp3) is 0.833. The minimum atomic E-state index is -0.361. The van der Waals surface area contributed by atoms with Gasteiger partial charge in [0.05, 0.1) is 0 Å². The van der Waals surface area contributed by atoms with E-state index in [1.807, 2.05) is 27.7 Å². The Balaban J connectivity index is 2.66. The topological polar surface area (TPSA) is 75.4 Å². The zero-order chi connectivity index (χ0) is 13.2. The third-order valence-electron chi connectivity index (χ3n) is 3.18. The molecule has 1 saturated heterocycles. The summed E-state index contributed by atoms with van der Waals surface area (Å²) in [6.45, 7) is 8.27. The fourth-order valence-electron chi connectivity index (χ4n) is 1.70. The van der Waals surface area contributed by atoms with Gasteiger partial charge in [0.1, 0.15) is 6.04 Å². The molecule has 3 amide bonds. The number of carbonyl (C=O) groups is 2. The van der Waals surface area contributed by atoms with E-state index in [2.05, 4.69) is 5.32 Å². The molecule has 1 heterocycles. The Bertz CT molecular complexity index is 309. The van der Waals surface area contributed by atoms with Crippen molar-refractivity contribution in [1.29, 1.82) is 0 Å². The zero-order valence-corrected chi connectivity index (χ0v) is 11.1. The minimum Gasteiger partial charge on any atom is -0.326 e. The standard InChI is InChI=1S/C12H23N3O2/c1-5-6-8-10(16)15(11(17)14-8)7-9(13)12(2,3)4/h8-9H,5-7,13H2,1-4H3,(H,14,17). The van der Waals surface area contributed by atoms with Gasteiger partial charge in [-0.3, -0.25) is 9.69 Å². The van der Waals surface area contributed by atoms with E-state index >= 15 is 0 Å². The Labute approximate surface area is 103 Å². The smallest absolute Gasteiger partial charge is 0.324 e. The van der Waals surface area contributed by atoms with Crippen molar-refractivity contribution in [3.05, 3.63) is 0 Å². The SMILES string of the molecule is CCCC1NC(=O)N(CC(N)C(C)(C)C)C1=O. The van der Waals surface area contributed by atoms with Crippen LogP contribution in [0.5, 0.6) is 0 Å². The largest absolute Gasteiger partial charge is 0.326 e. The number of hydrogen-bond donors (Lipinski definition) is 2. The predicted octanol–water partition coefficient (Wildman–Crippen LogP) is 1.08. The van der Waals surface area contributed by atoms with Crippen LogP contribution in [0.25, 0.3) is 0 Å². The maximum Gasteiger partial charge on any atom is 0.324 e. The number of imide groups is 1. The van der Waals surface area contributed by atoms with Gasteiger partial charge in [-0.15, -0.1) is 0 Å². The van der Waals surface area contributed by atoms with E-state index in [1.165, 1.54) is 4.90 Å². The molecule has 0 aromatic heterocycles. The van der Waals surface area contributed by atoms with E-state index in [9.17, 15) is 9.59 Å². The van der Waals surface area contributed by atoms with Crippen molar-refractivity contribution in [1.82, 2.24) is 10.2 Å². The Hall–Kier alpha value is -1.10. The zero-order valence-electron chi connectivity index (χ0n) is 11.1. The van der Waals surface area contributed by atoms with Crippen molar-refractivity contribution >= 4 is 11.9 Å². The fourth-order valence-corrected chi connectivity index (χ4v) is 1.70. The lowest BCUT2D eigenvalue weighted by molar-refractivity contribution is -0.128. The molecule has 0 spiro atoms. The van der Waals surface area contributed by atoms with Crippen molar-refractivity contribution < 1.29 is 9.59 Å². The van der Waals surface area contributed by atoms with Crippen molar-refractivity contribution in [2.75, 3.05) is 6.54 Å². The van der Waals surface area contributed by atoms with E-state index in [-0.39, 0.29) is 36.0 Å². The molecular weight excluding hydrogens is 218 g/mol. The van der Waals surface area contributed by atoms with Crippen LogP contribution < -0.4 is 11.1 Å². The number of nitrogens with zero attached hydrogens (tertiary/aromatic N) is 1. The summed E-state index contributed by atoms with van der Waals surface area (Å²) in [6.07, 6.45) is 1.56. The van der Waals surface area contributed by atoms with E-state index in [4.69, 9.17) is 5.73 Å². The van der Waals surface area contributed by atoms with Gasteiger partial charge in [0.2, 0.25) is 0 Å². The minimum absolute atomic E-state index is 0.122. The molecule has 2 unspecified atom stereocenters. The number of carbonyl (C=O) groups excluding carboxylic acids is 2. The highest BCUT2D eigenvalue weighted by Crippen LogP contribution is 2.20. The first-order valence-corrected chi connectivity index (χ1v) is 6.14. The van der Waals surface area contributed by atoms with Crippen molar-refractivity contribution in [3.8, 4) is 0 Å². The Morgan fingerprint density at radius 3 is 2.47 bits per heavy atom. The molecule has 0 aromatic rings. The Morgan fingerprint density at radius 2 is 2.00 bits per heavy atom. The third-order valence-corrected chi connectivity index (χ3v) is 3.18. The number of hydrogen-bond acceptors (Lipinski definition) is 3. The summed E-state index contributed by atoms with van der Waals surface area (Å²) in [5.41, 5.74) is 5.88. The molecule has 0 saturated carbocycles. The normalized spacial score (nSPS) is 22.9. The average Bonchev–Trinajstić information content (AvgIpc) is 2.45. The maximum absolute atomic E-state index is 12.0. The lowest BCUT2D eigenvalue weighted by Gasteiger charge is -2.29. The maximum atomic E-state index is 12.0. The van der Waals surface area contributed by atoms with Crippen molar-refractivity contribution in [3.63, 3.8) is 0 Å². The quantitative estimate of drug-likeness (QED) is 0.723. The van der Waals surface area contributed by atoms with Crippen molar-refractivity contribution in [2.45, 2.75) is 52.6 Å². The number of rotatable bonds is 4. The number of nitrogens with one attached hydrogen (secondary N) is 1. The molecule has 1 aliphatic heterocycles. The van der Waals surface area contributed by atoms with Gasteiger partial charge in [-0.25, -0.2) is 4.79 Å². The molecule has 98 valence electrons. The van der Waals surface area contributed by atoms with Crippen LogP contribution in [-0.4, -0.2) is 35.5 Å². The molecule has 0 bridgehead atoms.